The molecule has 114 valence electrons. The lowest BCUT2D eigenvalue weighted by Crippen LogP contribution is -2.45. The number of hydrogen-bond donors (Lipinski definition) is 1. The van der Waals surface area contributed by atoms with Crippen molar-refractivity contribution in [3.8, 4) is 5.75 Å². The summed E-state index contributed by atoms with van der Waals surface area (Å²) >= 11 is 0. The molecule has 1 aliphatic rings. The van der Waals surface area contributed by atoms with Gasteiger partial charge in [0.1, 0.15) is 11.8 Å². The summed E-state index contributed by atoms with van der Waals surface area (Å²) in [4.78, 5) is 25.4. The van der Waals surface area contributed by atoms with Crippen LogP contribution in [0.5, 0.6) is 5.75 Å². The number of methoxy groups -OCH3 is 1. The van der Waals surface area contributed by atoms with Crippen LogP contribution in [0.3, 0.4) is 0 Å². The zero-order valence-corrected chi connectivity index (χ0v) is 12.2. The smallest absolute Gasteiger partial charge is 0.320 e. The fourth-order valence-corrected chi connectivity index (χ4v) is 2.79. The number of piperidine rings is 1. The molecule has 5 heteroatoms. The average molecular weight is 291 g/mol. The summed E-state index contributed by atoms with van der Waals surface area (Å²) in [5.74, 6) is -0.238. The highest BCUT2D eigenvalue weighted by Gasteiger charge is 2.28. The maximum absolute atomic E-state index is 12.3. The molecule has 21 heavy (non-hydrogen) atoms. The molecule has 0 aromatic heterocycles. The Morgan fingerprint density at radius 1 is 1.33 bits per heavy atom. The average Bonchev–Trinajstić information content (AvgIpc) is 2.52. The Morgan fingerprint density at radius 3 is 2.81 bits per heavy atom. The molecule has 0 radical (unpaired) electrons. The van der Waals surface area contributed by atoms with Gasteiger partial charge in [-0.2, -0.15) is 0 Å². The Hall–Kier alpha value is -1.88. The summed E-state index contributed by atoms with van der Waals surface area (Å²) in [6.07, 6.45) is 2.91. The van der Waals surface area contributed by atoms with E-state index in [0.717, 1.165) is 19.4 Å². The largest absolute Gasteiger partial charge is 0.496 e. The van der Waals surface area contributed by atoms with Crippen molar-refractivity contribution < 1.29 is 19.4 Å². The SMILES string of the molecule is COc1ccccc1C(=O)CCN1CCCCC1C(=O)O. The highest BCUT2D eigenvalue weighted by atomic mass is 16.5. The zero-order valence-electron chi connectivity index (χ0n) is 12.2. The van der Waals surface area contributed by atoms with Crippen LogP contribution in [-0.4, -0.2) is 48.0 Å². The van der Waals surface area contributed by atoms with E-state index < -0.39 is 12.0 Å². The van der Waals surface area contributed by atoms with E-state index in [2.05, 4.69) is 0 Å². The van der Waals surface area contributed by atoms with Gasteiger partial charge in [0.2, 0.25) is 0 Å². The standard InChI is InChI=1S/C16H21NO4/c1-21-15-8-3-2-6-12(15)14(18)9-11-17-10-5-4-7-13(17)16(19)20/h2-3,6,8,13H,4-5,7,9-11H2,1H3,(H,19,20). The van der Waals surface area contributed by atoms with Crippen molar-refractivity contribution in [2.45, 2.75) is 31.7 Å². The third-order valence-electron chi connectivity index (χ3n) is 3.93. The molecule has 1 unspecified atom stereocenters. The van der Waals surface area contributed by atoms with E-state index in [1.165, 1.54) is 7.11 Å². The topological polar surface area (TPSA) is 66.8 Å². The maximum Gasteiger partial charge on any atom is 0.320 e. The predicted molar refractivity (Wildman–Crippen MR) is 78.8 cm³/mol. The fraction of sp³-hybridized carbons (Fsp3) is 0.500. The van der Waals surface area contributed by atoms with Gasteiger partial charge in [0.25, 0.3) is 0 Å². The second kappa shape index (κ2) is 7.22. The van der Waals surface area contributed by atoms with Crippen LogP contribution in [0.15, 0.2) is 24.3 Å². The summed E-state index contributed by atoms with van der Waals surface area (Å²) in [7, 11) is 1.54. The van der Waals surface area contributed by atoms with Gasteiger partial charge in [0.05, 0.1) is 12.7 Å². The van der Waals surface area contributed by atoms with Crippen molar-refractivity contribution >= 4 is 11.8 Å². The minimum absolute atomic E-state index is 0.0119. The number of ether oxygens (including phenoxy) is 1. The first-order valence-electron chi connectivity index (χ1n) is 7.26. The van der Waals surface area contributed by atoms with Gasteiger partial charge in [-0.1, -0.05) is 18.6 Å². The highest BCUT2D eigenvalue weighted by molar-refractivity contribution is 5.98. The first kappa shape index (κ1) is 15.5. The van der Waals surface area contributed by atoms with Crippen LogP contribution in [0.1, 0.15) is 36.0 Å². The molecular formula is C16H21NO4. The normalized spacial score (nSPS) is 19.2. The van der Waals surface area contributed by atoms with Gasteiger partial charge in [-0.3, -0.25) is 14.5 Å². The van der Waals surface area contributed by atoms with E-state index in [4.69, 9.17) is 4.74 Å². The molecule has 1 aromatic rings. The van der Waals surface area contributed by atoms with Crippen LogP contribution >= 0.6 is 0 Å². The molecule has 0 amide bonds. The van der Waals surface area contributed by atoms with Gasteiger partial charge < -0.3 is 9.84 Å². The Kier molecular flexibility index (Phi) is 5.33. The molecule has 2 rings (SSSR count). The Labute approximate surface area is 124 Å². The number of nitrogens with zero attached hydrogens (tertiary/aromatic N) is 1. The zero-order chi connectivity index (χ0) is 15.2. The molecule has 1 saturated heterocycles. The number of benzene rings is 1. The number of carbonyl (C=O) groups excluding carboxylic acids is 1. The van der Waals surface area contributed by atoms with Crippen molar-refractivity contribution in [1.29, 1.82) is 0 Å². The first-order chi connectivity index (χ1) is 10.1. The second-order valence-corrected chi connectivity index (χ2v) is 5.26. The number of rotatable bonds is 6. The van der Waals surface area contributed by atoms with Crippen molar-refractivity contribution in [2.24, 2.45) is 0 Å². The van der Waals surface area contributed by atoms with Gasteiger partial charge in [0.15, 0.2) is 5.78 Å². The Balaban J connectivity index is 1.98. The number of carboxylic acids is 1. The number of carbonyl (C=O) groups is 2. The third-order valence-corrected chi connectivity index (χ3v) is 3.93. The molecule has 0 saturated carbocycles. The minimum atomic E-state index is -0.792. The molecule has 0 aliphatic carbocycles. The highest BCUT2D eigenvalue weighted by Crippen LogP contribution is 2.21. The van der Waals surface area contributed by atoms with E-state index in [1.807, 2.05) is 11.0 Å². The molecule has 1 aromatic carbocycles. The Bertz CT molecular complexity index is 515. The minimum Gasteiger partial charge on any atom is -0.496 e. The molecule has 5 nitrogen and oxygen atoms in total. The molecule has 1 N–H and O–H groups in total. The summed E-state index contributed by atoms with van der Waals surface area (Å²) in [5, 5.41) is 9.23. The van der Waals surface area contributed by atoms with Gasteiger partial charge in [-0.25, -0.2) is 0 Å². The molecule has 1 aliphatic heterocycles. The van der Waals surface area contributed by atoms with Crippen LogP contribution in [0.25, 0.3) is 0 Å². The van der Waals surface area contributed by atoms with Crippen LogP contribution in [-0.2, 0) is 4.79 Å². The van der Waals surface area contributed by atoms with Crippen molar-refractivity contribution in [3.05, 3.63) is 29.8 Å². The number of para-hydroxylation sites is 1. The van der Waals surface area contributed by atoms with Crippen molar-refractivity contribution in [2.75, 3.05) is 20.2 Å². The molecule has 0 spiro atoms. The van der Waals surface area contributed by atoms with Gasteiger partial charge in [-0.05, 0) is 31.5 Å². The number of hydrogen-bond acceptors (Lipinski definition) is 4. The van der Waals surface area contributed by atoms with Gasteiger partial charge >= 0.3 is 5.97 Å². The maximum atomic E-state index is 12.3. The molecule has 0 bridgehead atoms. The molecular weight excluding hydrogens is 270 g/mol. The summed E-state index contributed by atoms with van der Waals surface area (Å²) in [5.41, 5.74) is 0.559. The van der Waals surface area contributed by atoms with Crippen LogP contribution < -0.4 is 4.74 Å². The lowest BCUT2D eigenvalue weighted by atomic mass is 10.0. The van der Waals surface area contributed by atoms with Crippen LogP contribution in [0, 0.1) is 0 Å². The number of aliphatic carboxylic acids is 1. The quantitative estimate of drug-likeness (QED) is 0.814. The molecule has 1 heterocycles. The van der Waals surface area contributed by atoms with Crippen LogP contribution in [0.4, 0.5) is 0 Å². The van der Waals surface area contributed by atoms with E-state index in [1.54, 1.807) is 18.2 Å². The van der Waals surface area contributed by atoms with E-state index >= 15 is 0 Å². The summed E-state index contributed by atoms with van der Waals surface area (Å²) in [6, 6.07) is 6.67. The van der Waals surface area contributed by atoms with Gasteiger partial charge in [-0.15, -0.1) is 0 Å². The Morgan fingerprint density at radius 2 is 2.10 bits per heavy atom. The lowest BCUT2D eigenvalue weighted by molar-refractivity contribution is -0.144. The van der Waals surface area contributed by atoms with Crippen molar-refractivity contribution in [1.82, 2.24) is 4.90 Å². The molecule has 1 atom stereocenters. The van der Waals surface area contributed by atoms with Gasteiger partial charge in [0, 0.05) is 13.0 Å². The van der Waals surface area contributed by atoms with Crippen molar-refractivity contribution in [3.63, 3.8) is 0 Å². The predicted octanol–water partition coefficient (Wildman–Crippen LogP) is 2.21. The summed E-state index contributed by atoms with van der Waals surface area (Å²) in [6.45, 7) is 1.23. The first-order valence-corrected chi connectivity index (χ1v) is 7.26. The van der Waals surface area contributed by atoms with E-state index in [0.29, 0.717) is 30.7 Å². The van der Waals surface area contributed by atoms with E-state index in [-0.39, 0.29) is 5.78 Å². The number of Topliss-reactive ketones (excluding diaryl/α,β-unsaturated/α-hetero) is 1. The second-order valence-electron chi connectivity index (χ2n) is 5.26. The molecule has 1 fully saturated rings. The van der Waals surface area contributed by atoms with Crippen LogP contribution in [0.2, 0.25) is 0 Å². The van der Waals surface area contributed by atoms with E-state index in [9.17, 15) is 14.7 Å². The number of ketones is 1. The fourth-order valence-electron chi connectivity index (χ4n) is 2.79. The number of likely N-dealkylation sites (tertiary alicyclic amines) is 1. The summed E-state index contributed by atoms with van der Waals surface area (Å²) < 4.78 is 5.19. The monoisotopic (exact) mass is 291 g/mol. The third kappa shape index (κ3) is 3.82. The lowest BCUT2D eigenvalue weighted by Gasteiger charge is -2.32. The number of carboxylic acid groups (broad SMARTS) is 1.